The highest BCUT2D eigenvalue weighted by Gasteiger charge is 2.35. The zero-order valence-corrected chi connectivity index (χ0v) is 12.3. The second kappa shape index (κ2) is 5.62. The molecule has 0 saturated heterocycles. The summed E-state index contributed by atoms with van der Waals surface area (Å²) in [5.74, 6) is 1.92. The van der Waals surface area contributed by atoms with Crippen molar-refractivity contribution in [1.29, 1.82) is 0 Å². The molecule has 2 N–H and O–H groups in total. The van der Waals surface area contributed by atoms with Crippen molar-refractivity contribution in [3.8, 4) is 0 Å². The van der Waals surface area contributed by atoms with Crippen LogP contribution in [0.1, 0.15) is 45.6 Å². The van der Waals surface area contributed by atoms with E-state index in [1.807, 2.05) is 12.1 Å². The number of benzene rings is 1. The summed E-state index contributed by atoms with van der Waals surface area (Å²) >= 11 is 0. The third-order valence-corrected chi connectivity index (χ3v) is 4.61. The summed E-state index contributed by atoms with van der Waals surface area (Å²) in [4.78, 5) is 0. The summed E-state index contributed by atoms with van der Waals surface area (Å²) in [7, 11) is 0. The van der Waals surface area contributed by atoms with Gasteiger partial charge in [-0.2, -0.15) is 0 Å². The fourth-order valence-electron chi connectivity index (χ4n) is 3.67. The molecule has 3 atom stereocenters. The molecule has 1 saturated carbocycles. The second-order valence-corrected chi connectivity index (χ2v) is 6.92. The molecule has 19 heavy (non-hydrogen) atoms. The minimum atomic E-state index is -0.194. The molecule has 0 bridgehead atoms. The van der Waals surface area contributed by atoms with E-state index in [0.29, 0.717) is 5.92 Å². The lowest BCUT2D eigenvalue weighted by Crippen LogP contribution is -2.48. The van der Waals surface area contributed by atoms with Crippen molar-refractivity contribution in [2.45, 2.75) is 52.0 Å². The molecule has 2 rings (SSSR count). The Kier molecular flexibility index (Phi) is 4.29. The van der Waals surface area contributed by atoms with Gasteiger partial charge in [0.05, 0.1) is 0 Å². The Morgan fingerprint density at radius 3 is 2.16 bits per heavy atom. The van der Waals surface area contributed by atoms with E-state index in [1.54, 1.807) is 0 Å². The molecule has 1 aromatic rings. The quantitative estimate of drug-likeness (QED) is 0.870. The molecule has 2 heteroatoms. The average molecular weight is 263 g/mol. The van der Waals surface area contributed by atoms with Crippen LogP contribution >= 0.6 is 0 Å². The van der Waals surface area contributed by atoms with Gasteiger partial charge in [0.15, 0.2) is 0 Å². The van der Waals surface area contributed by atoms with Gasteiger partial charge in [0.1, 0.15) is 5.82 Å². The molecular formula is C17H26FN. The van der Waals surface area contributed by atoms with Gasteiger partial charge in [-0.05, 0) is 68.1 Å². The van der Waals surface area contributed by atoms with Crippen LogP contribution in [0, 0.1) is 23.6 Å². The van der Waals surface area contributed by atoms with Crippen molar-refractivity contribution in [3.05, 3.63) is 35.6 Å². The minimum Gasteiger partial charge on any atom is -0.325 e. The van der Waals surface area contributed by atoms with Gasteiger partial charge in [-0.15, -0.1) is 0 Å². The van der Waals surface area contributed by atoms with Gasteiger partial charge in [-0.25, -0.2) is 4.39 Å². The highest BCUT2D eigenvalue weighted by atomic mass is 19.1. The summed E-state index contributed by atoms with van der Waals surface area (Å²) in [6, 6.07) is 6.77. The first-order valence-corrected chi connectivity index (χ1v) is 7.40. The van der Waals surface area contributed by atoms with E-state index in [0.717, 1.165) is 23.8 Å². The Hall–Kier alpha value is -0.890. The number of rotatable bonds is 3. The van der Waals surface area contributed by atoms with E-state index in [1.165, 1.54) is 31.4 Å². The summed E-state index contributed by atoms with van der Waals surface area (Å²) < 4.78 is 12.9. The van der Waals surface area contributed by atoms with Gasteiger partial charge in [-0.1, -0.05) is 26.0 Å². The summed E-state index contributed by atoms with van der Waals surface area (Å²) in [5, 5.41) is 0. The molecule has 1 nitrogen and oxygen atoms in total. The van der Waals surface area contributed by atoms with Crippen LogP contribution in [0.2, 0.25) is 0 Å². The van der Waals surface area contributed by atoms with E-state index in [9.17, 15) is 4.39 Å². The molecule has 0 aromatic heterocycles. The summed E-state index contributed by atoms with van der Waals surface area (Å²) in [6.45, 7) is 6.82. The smallest absolute Gasteiger partial charge is 0.123 e. The Morgan fingerprint density at radius 2 is 1.63 bits per heavy atom. The molecule has 0 amide bonds. The summed E-state index contributed by atoms with van der Waals surface area (Å²) in [6.07, 6.45) is 4.59. The molecule has 1 aliphatic rings. The molecule has 0 aliphatic heterocycles. The van der Waals surface area contributed by atoms with Crippen molar-refractivity contribution < 1.29 is 4.39 Å². The maximum Gasteiger partial charge on any atom is 0.123 e. The number of halogens is 1. The standard InChI is InChI=1S/C17H26FN/c1-12-8-13(2)10-15(9-12)17(3,19)11-14-4-6-16(18)7-5-14/h4-7,12-13,15H,8-11,19H2,1-3H3. The van der Waals surface area contributed by atoms with Crippen LogP contribution in [0.25, 0.3) is 0 Å². The molecule has 0 spiro atoms. The lowest BCUT2D eigenvalue weighted by Gasteiger charge is -2.41. The zero-order chi connectivity index (χ0) is 14.0. The van der Waals surface area contributed by atoms with Crippen molar-refractivity contribution in [2.24, 2.45) is 23.5 Å². The van der Waals surface area contributed by atoms with Crippen LogP contribution in [-0.2, 0) is 6.42 Å². The van der Waals surface area contributed by atoms with Gasteiger partial charge < -0.3 is 5.73 Å². The fourth-order valence-corrected chi connectivity index (χ4v) is 3.67. The molecule has 1 fully saturated rings. The van der Waals surface area contributed by atoms with E-state index in [-0.39, 0.29) is 11.4 Å². The Labute approximate surface area is 116 Å². The summed E-state index contributed by atoms with van der Waals surface area (Å²) in [5.41, 5.74) is 7.53. The molecule has 0 heterocycles. The van der Waals surface area contributed by atoms with Crippen LogP contribution in [0.15, 0.2) is 24.3 Å². The van der Waals surface area contributed by atoms with E-state index in [2.05, 4.69) is 20.8 Å². The third-order valence-electron chi connectivity index (χ3n) is 4.61. The first kappa shape index (κ1) is 14.5. The maximum absolute atomic E-state index is 12.9. The average Bonchev–Trinajstić information content (AvgIpc) is 2.31. The maximum atomic E-state index is 12.9. The van der Waals surface area contributed by atoms with Crippen LogP contribution in [-0.4, -0.2) is 5.54 Å². The number of hydrogen-bond donors (Lipinski definition) is 1. The molecule has 3 unspecified atom stereocenters. The predicted molar refractivity (Wildman–Crippen MR) is 78.4 cm³/mol. The van der Waals surface area contributed by atoms with E-state index < -0.39 is 0 Å². The van der Waals surface area contributed by atoms with Gasteiger partial charge >= 0.3 is 0 Å². The van der Waals surface area contributed by atoms with Gasteiger partial charge in [-0.3, -0.25) is 0 Å². The molecule has 0 radical (unpaired) electrons. The zero-order valence-electron chi connectivity index (χ0n) is 12.3. The molecule has 1 aliphatic carbocycles. The SMILES string of the molecule is CC1CC(C)CC(C(C)(N)Cc2ccc(F)cc2)C1. The van der Waals surface area contributed by atoms with Crippen LogP contribution < -0.4 is 5.73 Å². The van der Waals surface area contributed by atoms with Crippen molar-refractivity contribution in [1.82, 2.24) is 0 Å². The van der Waals surface area contributed by atoms with E-state index >= 15 is 0 Å². The topological polar surface area (TPSA) is 26.0 Å². The second-order valence-electron chi connectivity index (χ2n) is 6.92. The van der Waals surface area contributed by atoms with E-state index in [4.69, 9.17) is 5.73 Å². The molecule has 106 valence electrons. The Morgan fingerprint density at radius 1 is 1.11 bits per heavy atom. The largest absolute Gasteiger partial charge is 0.325 e. The van der Waals surface area contributed by atoms with Crippen molar-refractivity contribution in [3.63, 3.8) is 0 Å². The van der Waals surface area contributed by atoms with Gasteiger partial charge in [0.2, 0.25) is 0 Å². The van der Waals surface area contributed by atoms with Gasteiger partial charge in [0, 0.05) is 5.54 Å². The number of nitrogens with two attached hydrogens (primary N) is 1. The highest BCUT2D eigenvalue weighted by Crippen LogP contribution is 2.38. The minimum absolute atomic E-state index is 0.178. The lowest BCUT2D eigenvalue weighted by molar-refractivity contribution is 0.145. The predicted octanol–water partition coefficient (Wildman–Crippen LogP) is 4.16. The van der Waals surface area contributed by atoms with Crippen LogP contribution in [0.4, 0.5) is 4.39 Å². The fraction of sp³-hybridized carbons (Fsp3) is 0.647. The first-order chi connectivity index (χ1) is 8.87. The van der Waals surface area contributed by atoms with Crippen LogP contribution in [0.5, 0.6) is 0 Å². The lowest BCUT2D eigenvalue weighted by atomic mass is 9.67. The molecular weight excluding hydrogens is 237 g/mol. The van der Waals surface area contributed by atoms with Crippen molar-refractivity contribution in [2.75, 3.05) is 0 Å². The normalized spacial score (nSPS) is 30.9. The van der Waals surface area contributed by atoms with Crippen LogP contribution in [0.3, 0.4) is 0 Å². The van der Waals surface area contributed by atoms with Gasteiger partial charge in [0.25, 0.3) is 0 Å². The Bertz CT molecular complexity index is 400. The van der Waals surface area contributed by atoms with Crippen molar-refractivity contribution >= 4 is 0 Å². The molecule has 1 aromatic carbocycles. The monoisotopic (exact) mass is 263 g/mol. The third kappa shape index (κ3) is 3.79. The number of hydrogen-bond acceptors (Lipinski definition) is 1. The highest BCUT2D eigenvalue weighted by molar-refractivity contribution is 5.19. The Balaban J connectivity index is 2.06. The first-order valence-electron chi connectivity index (χ1n) is 7.40.